The summed E-state index contributed by atoms with van der Waals surface area (Å²) in [5.74, 6) is -1.01. The predicted molar refractivity (Wildman–Crippen MR) is 35.4 cm³/mol. The molecule has 1 aliphatic rings. The highest BCUT2D eigenvalue weighted by Crippen LogP contribution is 1.89. The predicted octanol–water partition coefficient (Wildman–Crippen LogP) is -1.98. The second kappa shape index (κ2) is 4.21. The smallest absolute Gasteiger partial charge is 0.0625 e. The van der Waals surface area contributed by atoms with Crippen LogP contribution in [0.25, 0.3) is 0 Å². The van der Waals surface area contributed by atoms with Gasteiger partial charge in [0.15, 0.2) is 0 Å². The first kappa shape index (κ1) is 9.35. The summed E-state index contributed by atoms with van der Waals surface area (Å²) in [6.45, 7) is 1.69. The zero-order chi connectivity index (χ0) is 6.69. The largest absolute Gasteiger partial charge is 0.550 e. The number of carboxylic acids is 1. The van der Waals surface area contributed by atoms with E-state index in [1.807, 2.05) is 0 Å². The van der Waals surface area contributed by atoms with Gasteiger partial charge in [0.05, 0.1) is 6.17 Å². The number of quaternary nitrogens is 1. The molecule has 0 aliphatic carbocycles. The molecule has 0 aromatic rings. The lowest BCUT2D eigenvalue weighted by atomic mass is 10.3. The Morgan fingerprint density at radius 3 is 2.40 bits per heavy atom. The van der Waals surface area contributed by atoms with Gasteiger partial charge in [-0.15, -0.1) is 0 Å². The molecule has 0 radical (unpaired) electrons. The van der Waals surface area contributed by atoms with Crippen molar-refractivity contribution in [2.45, 2.75) is 12.6 Å². The van der Waals surface area contributed by atoms with Gasteiger partial charge in [0, 0.05) is 25.5 Å². The topological polar surface area (TPSA) is 101 Å². The van der Waals surface area contributed by atoms with Crippen LogP contribution in [0.2, 0.25) is 0 Å². The van der Waals surface area contributed by atoms with Crippen LogP contribution in [0.4, 0.5) is 0 Å². The Morgan fingerprint density at radius 2 is 2.00 bits per heavy atom. The monoisotopic (exact) mass is 147 g/mol. The fourth-order valence-electron chi connectivity index (χ4n) is 0.876. The van der Waals surface area contributed by atoms with Crippen LogP contribution >= 0.6 is 0 Å². The van der Waals surface area contributed by atoms with Gasteiger partial charge in [0.25, 0.3) is 0 Å². The van der Waals surface area contributed by atoms with Crippen molar-refractivity contribution >= 4 is 5.97 Å². The molecule has 6 N–H and O–H groups in total. The lowest BCUT2D eigenvalue weighted by Gasteiger charge is -2.09. The van der Waals surface area contributed by atoms with Crippen molar-refractivity contribution in [3.05, 3.63) is 0 Å². The zero-order valence-electron chi connectivity index (χ0n) is 6.02. The maximum Gasteiger partial charge on any atom is 0.0625 e. The minimum atomic E-state index is -1.01. The molecule has 60 valence electrons. The van der Waals surface area contributed by atoms with Crippen LogP contribution in [-0.2, 0) is 4.79 Å². The molecule has 0 saturated carbocycles. The highest BCUT2D eigenvalue weighted by Gasteiger charge is 2.11. The van der Waals surface area contributed by atoms with Crippen molar-refractivity contribution in [2.24, 2.45) is 0 Å². The molecule has 10 heavy (non-hydrogen) atoms. The minimum Gasteiger partial charge on any atom is -0.550 e. The van der Waals surface area contributed by atoms with E-state index in [2.05, 4.69) is 10.6 Å². The summed E-state index contributed by atoms with van der Waals surface area (Å²) in [5, 5.41) is 15.9. The molecule has 1 aliphatic heterocycles. The first-order valence-electron chi connectivity index (χ1n) is 2.95. The summed E-state index contributed by atoms with van der Waals surface area (Å²) < 4.78 is 0. The van der Waals surface area contributed by atoms with Crippen LogP contribution in [0.1, 0.15) is 6.42 Å². The Balaban J connectivity index is 0.000000810. The molecule has 0 atom stereocenters. The third kappa shape index (κ3) is 2.77. The maximum absolute atomic E-state index is 9.96. The van der Waals surface area contributed by atoms with E-state index in [-0.39, 0.29) is 18.7 Å². The molecule has 0 unspecified atom stereocenters. The number of hydrogen-bond donors (Lipinski definition) is 3. The molecule has 5 heteroatoms. The molecule has 0 spiro atoms. The summed E-state index contributed by atoms with van der Waals surface area (Å²) in [4.78, 5) is 9.96. The number of rotatable bonds is 2. The van der Waals surface area contributed by atoms with Gasteiger partial charge >= 0.3 is 0 Å². The van der Waals surface area contributed by atoms with Crippen molar-refractivity contribution in [1.82, 2.24) is 16.8 Å². The molecule has 1 rings (SSSR count). The van der Waals surface area contributed by atoms with Crippen LogP contribution in [0.15, 0.2) is 0 Å². The molecule has 1 fully saturated rings. The van der Waals surface area contributed by atoms with Crippen molar-refractivity contribution in [1.29, 1.82) is 0 Å². The van der Waals surface area contributed by atoms with Crippen molar-refractivity contribution in [3.8, 4) is 0 Å². The van der Waals surface area contributed by atoms with E-state index in [9.17, 15) is 9.90 Å². The third-order valence-corrected chi connectivity index (χ3v) is 1.28. The molecule has 1 saturated heterocycles. The molecular formula is C5H13N3O2. The summed E-state index contributed by atoms with van der Waals surface area (Å²) >= 11 is 0. The Kier molecular flexibility index (Phi) is 3.94. The first-order chi connectivity index (χ1) is 4.29. The third-order valence-electron chi connectivity index (χ3n) is 1.28. The van der Waals surface area contributed by atoms with Crippen LogP contribution in [0, 0.1) is 0 Å². The maximum atomic E-state index is 9.96. The molecule has 0 amide bonds. The lowest BCUT2D eigenvalue weighted by molar-refractivity contribution is -0.306. The van der Waals surface area contributed by atoms with Crippen molar-refractivity contribution < 1.29 is 9.90 Å². The second-order valence-corrected chi connectivity index (χ2v) is 2.04. The van der Waals surface area contributed by atoms with E-state index in [1.165, 1.54) is 0 Å². The molecular weight excluding hydrogens is 134 g/mol. The van der Waals surface area contributed by atoms with E-state index in [0.717, 1.165) is 13.1 Å². The van der Waals surface area contributed by atoms with Crippen LogP contribution in [0.3, 0.4) is 0 Å². The number of carbonyl (C=O) groups excluding carboxylic acids is 1. The molecule has 1 heterocycles. The average molecular weight is 147 g/mol. The van der Waals surface area contributed by atoms with Crippen LogP contribution in [-0.4, -0.2) is 25.2 Å². The van der Waals surface area contributed by atoms with E-state index in [0.29, 0.717) is 0 Å². The summed E-state index contributed by atoms with van der Waals surface area (Å²) in [7, 11) is 0. The molecule has 0 aromatic heterocycles. The van der Waals surface area contributed by atoms with E-state index < -0.39 is 5.97 Å². The van der Waals surface area contributed by atoms with Crippen molar-refractivity contribution in [2.75, 3.05) is 13.1 Å². The Hall–Kier alpha value is -0.650. The summed E-state index contributed by atoms with van der Waals surface area (Å²) in [5.41, 5.74) is 0. The number of aliphatic carboxylic acids is 1. The fraction of sp³-hybridized carbons (Fsp3) is 0.800. The molecule has 0 aromatic carbocycles. The molecule has 5 nitrogen and oxygen atoms in total. The SMILES string of the molecule is O=C([O-])CC1NCCN1.[NH4+]. The van der Waals surface area contributed by atoms with Gasteiger partial charge in [-0.25, -0.2) is 0 Å². The average Bonchev–Trinajstić information content (AvgIpc) is 2.15. The standard InChI is InChI=1S/C5H10N2O2.H3N/c8-5(9)3-4-6-1-2-7-4;/h4,6-7H,1-3H2,(H,8,9);1H3. The van der Waals surface area contributed by atoms with Gasteiger partial charge in [0.1, 0.15) is 0 Å². The second-order valence-electron chi connectivity index (χ2n) is 2.04. The van der Waals surface area contributed by atoms with Gasteiger partial charge in [0.2, 0.25) is 0 Å². The van der Waals surface area contributed by atoms with Crippen molar-refractivity contribution in [3.63, 3.8) is 0 Å². The fourth-order valence-corrected chi connectivity index (χ4v) is 0.876. The van der Waals surface area contributed by atoms with Gasteiger partial charge in [-0.3, -0.25) is 0 Å². The van der Waals surface area contributed by atoms with E-state index in [4.69, 9.17) is 0 Å². The van der Waals surface area contributed by atoms with Gasteiger partial charge < -0.3 is 26.7 Å². The number of nitrogens with one attached hydrogen (secondary N) is 2. The number of carbonyl (C=O) groups is 1. The molecule has 0 bridgehead atoms. The Labute approximate surface area is 59.4 Å². The number of carboxylic acid groups (broad SMARTS) is 1. The highest BCUT2D eigenvalue weighted by atomic mass is 16.4. The summed E-state index contributed by atoms with van der Waals surface area (Å²) in [6.07, 6.45) is -0.0185. The lowest BCUT2D eigenvalue weighted by Crippen LogP contribution is -2.38. The quantitative estimate of drug-likeness (QED) is 0.421. The van der Waals surface area contributed by atoms with Gasteiger partial charge in [-0.05, 0) is 0 Å². The van der Waals surface area contributed by atoms with E-state index >= 15 is 0 Å². The normalized spacial score (nSPS) is 18.4. The van der Waals surface area contributed by atoms with Crippen LogP contribution < -0.4 is 21.9 Å². The minimum absolute atomic E-state index is 0. The first-order valence-corrected chi connectivity index (χ1v) is 2.95. The van der Waals surface area contributed by atoms with Gasteiger partial charge in [-0.1, -0.05) is 0 Å². The van der Waals surface area contributed by atoms with Gasteiger partial charge in [-0.2, -0.15) is 0 Å². The summed E-state index contributed by atoms with van der Waals surface area (Å²) in [6, 6.07) is 0. The Bertz CT molecular complexity index is 111. The highest BCUT2D eigenvalue weighted by molar-refractivity contribution is 5.65. The number of hydrogen-bond acceptors (Lipinski definition) is 4. The van der Waals surface area contributed by atoms with Crippen LogP contribution in [0.5, 0.6) is 0 Å². The Morgan fingerprint density at radius 1 is 1.50 bits per heavy atom. The zero-order valence-corrected chi connectivity index (χ0v) is 6.02. The van der Waals surface area contributed by atoms with E-state index in [1.54, 1.807) is 0 Å².